The lowest BCUT2D eigenvalue weighted by Crippen LogP contribution is -2.28. The van der Waals surface area contributed by atoms with E-state index in [1.807, 2.05) is 31.3 Å². The highest BCUT2D eigenvalue weighted by atomic mass is 16.2. The molecule has 1 aliphatic heterocycles. The number of aryl methyl sites for hydroxylation is 1. The molecule has 1 aromatic heterocycles. The zero-order valence-corrected chi connectivity index (χ0v) is 14.4. The Kier molecular flexibility index (Phi) is 6.23. The highest BCUT2D eigenvalue weighted by Crippen LogP contribution is 2.23. The number of nitrogens with one attached hydrogen (secondary N) is 2. The monoisotopic (exact) mass is 330 g/mol. The fraction of sp³-hybridized carbons (Fsp3) is 0.444. The number of hydrogen-bond donors (Lipinski definition) is 3. The second kappa shape index (κ2) is 8.38. The zero-order chi connectivity index (χ0) is 17.5. The summed E-state index contributed by atoms with van der Waals surface area (Å²) in [4.78, 5) is 23.9. The van der Waals surface area contributed by atoms with Crippen molar-refractivity contribution in [2.24, 2.45) is 5.73 Å². The summed E-state index contributed by atoms with van der Waals surface area (Å²) in [5.74, 6) is 0.237. The van der Waals surface area contributed by atoms with E-state index >= 15 is 0 Å². The van der Waals surface area contributed by atoms with E-state index in [-0.39, 0.29) is 11.8 Å². The number of nitrogens with zero attached hydrogens (tertiary/aromatic N) is 1. The van der Waals surface area contributed by atoms with Gasteiger partial charge in [-0.3, -0.25) is 9.59 Å². The maximum atomic E-state index is 12.6. The fourth-order valence-electron chi connectivity index (χ4n) is 2.82. The van der Waals surface area contributed by atoms with Gasteiger partial charge in [-0.25, -0.2) is 0 Å². The Morgan fingerprint density at radius 1 is 1.46 bits per heavy atom. The molecule has 0 bridgehead atoms. The number of amides is 2. The lowest BCUT2D eigenvalue weighted by Gasteiger charge is -2.08. The molecule has 0 unspecified atom stereocenters. The van der Waals surface area contributed by atoms with Crippen molar-refractivity contribution < 1.29 is 9.59 Å². The number of aromatic nitrogens is 1. The van der Waals surface area contributed by atoms with E-state index in [0.717, 1.165) is 37.1 Å². The molecular formula is C18H26N4O2. The van der Waals surface area contributed by atoms with Crippen LogP contribution in [0.5, 0.6) is 0 Å². The summed E-state index contributed by atoms with van der Waals surface area (Å²) in [5.41, 5.74) is 8.40. The molecule has 1 aliphatic rings. The second-order valence-corrected chi connectivity index (χ2v) is 5.76. The minimum absolute atomic E-state index is 0.00763. The molecule has 0 aliphatic carbocycles. The Bertz CT molecular complexity index is 671. The predicted octanol–water partition coefficient (Wildman–Crippen LogP) is 1.91. The third-order valence-corrected chi connectivity index (χ3v) is 4.06. The maximum Gasteiger partial charge on any atom is 0.259 e. The van der Waals surface area contributed by atoms with Crippen LogP contribution in [0.2, 0.25) is 0 Å². The summed E-state index contributed by atoms with van der Waals surface area (Å²) in [5, 5.41) is 5.55. The van der Waals surface area contributed by atoms with E-state index in [4.69, 9.17) is 5.73 Å². The van der Waals surface area contributed by atoms with Crippen LogP contribution in [0.4, 0.5) is 0 Å². The summed E-state index contributed by atoms with van der Waals surface area (Å²) in [6, 6.07) is 0. The summed E-state index contributed by atoms with van der Waals surface area (Å²) in [6.45, 7) is 5.13. The highest BCUT2D eigenvalue weighted by molar-refractivity contribution is 6.00. The smallest absolute Gasteiger partial charge is 0.259 e. The Balaban J connectivity index is 2.29. The molecule has 2 rings (SSSR count). The van der Waals surface area contributed by atoms with Crippen molar-refractivity contribution in [3.05, 3.63) is 41.0 Å². The topological polar surface area (TPSA) is 89.2 Å². The summed E-state index contributed by atoms with van der Waals surface area (Å²) < 4.78 is 2.11. The molecule has 4 N–H and O–H groups in total. The SMILES string of the molecule is CCC(=O)NC/C=C/c1cn(CC)c2c1C(=O)N/C(N)=C/CCC2. The molecule has 6 nitrogen and oxygen atoms in total. The Morgan fingerprint density at radius 3 is 2.96 bits per heavy atom. The van der Waals surface area contributed by atoms with Gasteiger partial charge >= 0.3 is 0 Å². The van der Waals surface area contributed by atoms with Crippen molar-refractivity contribution >= 4 is 17.9 Å². The first-order chi connectivity index (χ1) is 11.6. The van der Waals surface area contributed by atoms with E-state index in [9.17, 15) is 9.59 Å². The van der Waals surface area contributed by atoms with Crippen LogP contribution in [0.3, 0.4) is 0 Å². The van der Waals surface area contributed by atoms with Crippen LogP contribution in [-0.4, -0.2) is 22.9 Å². The van der Waals surface area contributed by atoms with Gasteiger partial charge in [0.25, 0.3) is 5.91 Å². The first kappa shape index (κ1) is 17.8. The van der Waals surface area contributed by atoms with Gasteiger partial charge in [0.2, 0.25) is 5.91 Å². The highest BCUT2D eigenvalue weighted by Gasteiger charge is 2.21. The molecule has 0 spiro atoms. The number of carbonyl (C=O) groups excluding carboxylic acids is 2. The predicted molar refractivity (Wildman–Crippen MR) is 95.1 cm³/mol. The summed E-state index contributed by atoms with van der Waals surface area (Å²) in [6.07, 6.45) is 10.7. The van der Waals surface area contributed by atoms with Gasteiger partial charge < -0.3 is 20.9 Å². The van der Waals surface area contributed by atoms with Gasteiger partial charge in [-0.1, -0.05) is 19.1 Å². The van der Waals surface area contributed by atoms with Crippen LogP contribution >= 0.6 is 0 Å². The Hall–Kier alpha value is -2.50. The number of hydrogen-bond acceptors (Lipinski definition) is 3. The molecule has 0 saturated carbocycles. The number of fused-ring (bicyclic) bond motifs is 1. The van der Waals surface area contributed by atoms with Crippen molar-refractivity contribution in [3.8, 4) is 0 Å². The first-order valence-corrected chi connectivity index (χ1v) is 8.49. The van der Waals surface area contributed by atoms with Crippen LogP contribution in [0, 0.1) is 0 Å². The molecule has 0 fully saturated rings. The van der Waals surface area contributed by atoms with Crippen LogP contribution in [0.25, 0.3) is 6.08 Å². The summed E-state index contributed by atoms with van der Waals surface area (Å²) in [7, 11) is 0. The van der Waals surface area contributed by atoms with Crippen LogP contribution in [0.1, 0.15) is 54.7 Å². The van der Waals surface area contributed by atoms with Gasteiger partial charge in [-0.05, 0) is 32.3 Å². The molecular weight excluding hydrogens is 304 g/mol. The molecule has 0 radical (unpaired) electrons. The zero-order valence-electron chi connectivity index (χ0n) is 14.4. The molecule has 1 aromatic rings. The molecule has 2 amide bonds. The molecule has 2 heterocycles. The minimum atomic E-state index is -0.176. The van der Waals surface area contributed by atoms with Crippen molar-refractivity contribution in [2.45, 2.75) is 46.1 Å². The number of rotatable bonds is 5. The van der Waals surface area contributed by atoms with E-state index in [1.165, 1.54) is 0 Å². The number of allylic oxidation sites excluding steroid dienone is 1. The van der Waals surface area contributed by atoms with Crippen molar-refractivity contribution in [2.75, 3.05) is 6.54 Å². The number of nitrogens with two attached hydrogens (primary N) is 1. The molecule has 6 heteroatoms. The average Bonchev–Trinajstić information content (AvgIpc) is 2.94. The molecule has 0 aromatic carbocycles. The van der Waals surface area contributed by atoms with E-state index in [1.54, 1.807) is 0 Å². The quantitative estimate of drug-likeness (QED) is 0.770. The van der Waals surface area contributed by atoms with Crippen molar-refractivity contribution in [3.63, 3.8) is 0 Å². The fourth-order valence-corrected chi connectivity index (χ4v) is 2.82. The summed E-state index contributed by atoms with van der Waals surface area (Å²) >= 11 is 0. The standard InChI is InChI=1S/C18H26N4O2/c1-3-16(23)20-11-7-8-13-12-22(4-2)14-9-5-6-10-15(19)21-18(24)17(13)14/h7-8,10,12H,3-6,9,11,19H2,1-2H3,(H,20,23)(H,21,24)/b8-7+,15-10+. The maximum absolute atomic E-state index is 12.6. The van der Waals surface area contributed by atoms with Crippen LogP contribution < -0.4 is 16.4 Å². The van der Waals surface area contributed by atoms with E-state index in [2.05, 4.69) is 22.1 Å². The third-order valence-electron chi connectivity index (χ3n) is 4.06. The molecule has 0 atom stereocenters. The van der Waals surface area contributed by atoms with Crippen molar-refractivity contribution in [1.82, 2.24) is 15.2 Å². The van der Waals surface area contributed by atoms with Gasteiger partial charge in [0.05, 0.1) is 11.4 Å². The largest absolute Gasteiger partial charge is 0.385 e. The Labute approximate surface area is 142 Å². The third kappa shape index (κ3) is 4.28. The molecule has 24 heavy (non-hydrogen) atoms. The molecule has 130 valence electrons. The first-order valence-electron chi connectivity index (χ1n) is 8.49. The lowest BCUT2D eigenvalue weighted by molar-refractivity contribution is -0.120. The van der Waals surface area contributed by atoms with Gasteiger partial charge in [-0.15, -0.1) is 0 Å². The van der Waals surface area contributed by atoms with E-state index in [0.29, 0.717) is 24.4 Å². The minimum Gasteiger partial charge on any atom is -0.385 e. The Morgan fingerprint density at radius 2 is 2.25 bits per heavy atom. The van der Waals surface area contributed by atoms with Crippen LogP contribution in [-0.2, 0) is 17.8 Å². The van der Waals surface area contributed by atoms with Gasteiger partial charge in [-0.2, -0.15) is 0 Å². The van der Waals surface area contributed by atoms with Gasteiger partial charge in [0.1, 0.15) is 0 Å². The normalized spacial score (nSPS) is 17.2. The second-order valence-electron chi connectivity index (χ2n) is 5.76. The van der Waals surface area contributed by atoms with E-state index < -0.39 is 0 Å². The molecule has 0 saturated heterocycles. The average molecular weight is 330 g/mol. The van der Waals surface area contributed by atoms with Gasteiger partial charge in [0, 0.05) is 37.0 Å². The van der Waals surface area contributed by atoms with Crippen LogP contribution in [0.15, 0.2) is 24.2 Å². The lowest BCUT2D eigenvalue weighted by atomic mass is 10.1. The van der Waals surface area contributed by atoms with Gasteiger partial charge in [0.15, 0.2) is 0 Å². The van der Waals surface area contributed by atoms with Crippen molar-refractivity contribution in [1.29, 1.82) is 0 Å². The number of carbonyl (C=O) groups is 2.